The van der Waals surface area contributed by atoms with E-state index in [2.05, 4.69) is 24.3 Å². The summed E-state index contributed by atoms with van der Waals surface area (Å²) in [6, 6.07) is 0.00371. The van der Waals surface area contributed by atoms with E-state index in [0.29, 0.717) is 30.3 Å². The summed E-state index contributed by atoms with van der Waals surface area (Å²) in [5, 5.41) is 7.13. The molecule has 1 saturated heterocycles. The number of amides is 1. The molecule has 3 N–H and O–H groups in total. The third-order valence-corrected chi connectivity index (χ3v) is 3.50. The number of hydrogen-bond donors (Lipinski definition) is 2. The molecule has 18 heavy (non-hydrogen) atoms. The van der Waals surface area contributed by atoms with Gasteiger partial charge in [0.15, 0.2) is 0 Å². The van der Waals surface area contributed by atoms with E-state index in [1.165, 1.54) is 4.68 Å². The van der Waals surface area contributed by atoms with E-state index in [1.807, 2.05) is 0 Å². The van der Waals surface area contributed by atoms with E-state index < -0.39 is 0 Å². The lowest BCUT2D eigenvalue weighted by Gasteiger charge is -2.25. The maximum atomic E-state index is 12.2. The molecule has 1 fully saturated rings. The number of carbonyl (C=O) groups is 1. The van der Waals surface area contributed by atoms with Gasteiger partial charge in [-0.2, -0.15) is 5.10 Å². The Labute approximate surface area is 106 Å². The van der Waals surface area contributed by atoms with Crippen LogP contribution in [0.1, 0.15) is 29.9 Å². The number of rotatable bonds is 2. The molecule has 1 aromatic rings. The van der Waals surface area contributed by atoms with Gasteiger partial charge in [-0.05, 0) is 6.92 Å². The Morgan fingerprint density at radius 2 is 2.28 bits per heavy atom. The van der Waals surface area contributed by atoms with Gasteiger partial charge < -0.3 is 15.8 Å². The van der Waals surface area contributed by atoms with Gasteiger partial charge in [-0.15, -0.1) is 0 Å². The first-order valence-electron chi connectivity index (χ1n) is 6.00. The SMILES string of the molecule is Cc1nn(C)c(N)c1C(=O)NC1COCC1(C)C. The topological polar surface area (TPSA) is 82.2 Å². The Bertz CT molecular complexity index is 479. The summed E-state index contributed by atoms with van der Waals surface area (Å²) in [7, 11) is 1.72. The standard InChI is InChI=1S/C12H20N4O2/c1-7-9(10(13)16(4)15-7)11(17)14-8-5-18-6-12(8,2)3/h8H,5-6,13H2,1-4H3,(H,14,17). The monoisotopic (exact) mass is 252 g/mol. The van der Waals surface area contributed by atoms with Crippen LogP contribution < -0.4 is 11.1 Å². The number of aromatic nitrogens is 2. The molecule has 1 aliphatic rings. The Hall–Kier alpha value is -1.56. The zero-order chi connectivity index (χ0) is 13.5. The van der Waals surface area contributed by atoms with Crippen LogP contribution in [0, 0.1) is 12.3 Å². The van der Waals surface area contributed by atoms with E-state index in [4.69, 9.17) is 10.5 Å². The highest BCUT2D eigenvalue weighted by Gasteiger charge is 2.37. The van der Waals surface area contributed by atoms with Crippen LogP contribution in [0.15, 0.2) is 0 Å². The summed E-state index contributed by atoms with van der Waals surface area (Å²) in [6.45, 7) is 7.12. The van der Waals surface area contributed by atoms with Gasteiger partial charge in [0.25, 0.3) is 5.91 Å². The highest BCUT2D eigenvalue weighted by molar-refractivity contribution is 5.99. The Morgan fingerprint density at radius 1 is 1.61 bits per heavy atom. The summed E-state index contributed by atoms with van der Waals surface area (Å²) < 4.78 is 6.92. The van der Waals surface area contributed by atoms with Crippen LogP contribution in [0.25, 0.3) is 0 Å². The Balaban J connectivity index is 2.18. The minimum absolute atomic E-state index is 0.00371. The van der Waals surface area contributed by atoms with Crippen LogP contribution in [0.5, 0.6) is 0 Å². The maximum absolute atomic E-state index is 12.2. The molecule has 0 saturated carbocycles. The number of nitrogens with zero attached hydrogens (tertiary/aromatic N) is 2. The summed E-state index contributed by atoms with van der Waals surface area (Å²) in [5.74, 6) is 0.211. The molecule has 2 heterocycles. The highest BCUT2D eigenvalue weighted by Crippen LogP contribution is 2.28. The quantitative estimate of drug-likeness (QED) is 0.801. The number of carbonyl (C=O) groups excluding carboxylic acids is 1. The first-order valence-corrected chi connectivity index (χ1v) is 6.00. The minimum Gasteiger partial charge on any atom is -0.383 e. The molecule has 0 aliphatic carbocycles. The van der Waals surface area contributed by atoms with Crippen molar-refractivity contribution < 1.29 is 9.53 Å². The lowest BCUT2D eigenvalue weighted by Crippen LogP contribution is -2.44. The van der Waals surface area contributed by atoms with Crippen molar-refractivity contribution in [3.05, 3.63) is 11.3 Å². The first-order chi connectivity index (χ1) is 8.33. The smallest absolute Gasteiger partial charge is 0.257 e. The first kappa shape index (κ1) is 12.9. The molecule has 0 bridgehead atoms. The summed E-state index contributed by atoms with van der Waals surface area (Å²) in [4.78, 5) is 12.2. The van der Waals surface area contributed by atoms with Crippen molar-refractivity contribution in [2.75, 3.05) is 18.9 Å². The van der Waals surface area contributed by atoms with E-state index >= 15 is 0 Å². The molecule has 1 aliphatic heterocycles. The Morgan fingerprint density at radius 3 is 2.72 bits per heavy atom. The molecule has 1 unspecified atom stereocenters. The number of ether oxygens (including phenoxy) is 1. The van der Waals surface area contributed by atoms with Crippen LogP contribution >= 0.6 is 0 Å². The van der Waals surface area contributed by atoms with Gasteiger partial charge in [0.1, 0.15) is 11.4 Å². The molecule has 6 heteroatoms. The number of anilines is 1. The van der Waals surface area contributed by atoms with Gasteiger partial charge >= 0.3 is 0 Å². The van der Waals surface area contributed by atoms with Crippen molar-refractivity contribution in [3.8, 4) is 0 Å². The average molecular weight is 252 g/mol. The number of aryl methyl sites for hydroxylation is 2. The number of nitrogens with two attached hydrogens (primary N) is 1. The molecule has 0 spiro atoms. The van der Waals surface area contributed by atoms with Crippen molar-refractivity contribution in [2.24, 2.45) is 12.5 Å². The van der Waals surface area contributed by atoms with Gasteiger partial charge in [0, 0.05) is 12.5 Å². The fourth-order valence-electron chi connectivity index (χ4n) is 2.19. The van der Waals surface area contributed by atoms with Gasteiger partial charge in [0.2, 0.25) is 0 Å². The minimum atomic E-state index is -0.179. The van der Waals surface area contributed by atoms with E-state index in [-0.39, 0.29) is 17.4 Å². The molecule has 6 nitrogen and oxygen atoms in total. The third-order valence-electron chi connectivity index (χ3n) is 3.50. The molecule has 2 rings (SSSR count). The van der Waals surface area contributed by atoms with E-state index in [9.17, 15) is 4.79 Å². The fourth-order valence-corrected chi connectivity index (χ4v) is 2.19. The zero-order valence-corrected chi connectivity index (χ0v) is 11.3. The van der Waals surface area contributed by atoms with Crippen LogP contribution in [0.4, 0.5) is 5.82 Å². The lowest BCUT2D eigenvalue weighted by molar-refractivity contribution is 0.0915. The van der Waals surface area contributed by atoms with E-state index in [1.54, 1.807) is 14.0 Å². The van der Waals surface area contributed by atoms with Gasteiger partial charge in [0.05, 0.1) is 24.9 Å². The van der Waals surface area contributed by atoms with Gasteiger partial charge in [-0.1, -0.05) is 13.8 Å². The maximum Gasteiger partial charge on any atom is 0.257 e. The molecule has 1 amide bonds. The zero-order valence-electron chi connectivity index (χ0n) is 11.3. The predicted molar refractivity (Wildman–Crippen MR) is 68.2 cm³/mol. The van der Waals surface area contributed by atoms with Crippen LogP contribution in [-0.2, 0) is 11.8 Å². The molecule has 1 atom stereocenters. The van der Waals surface area contributed by atoms with Crippen molar-refractivity contribution in [1.29, 1.82) is 0 Å². The Kier molecular flexibility index (Phi) is 3.06. The van der Waals surface area contributed by atoms with Crippen LogP contribution in [0.3, 0.4) is 0 Å². The highest BCUT2D eigenvalue weighted by atomic mass is 16.5. The molecule has 0 aromatic carbocycles. The van der Waals surface area contributed by atoms with Gasteiger partial charge in [-0.3, -0.25) is 9.48 Å². The number of hydrogen-bond acceptors (Lipinski definition) is 4. The summed E-state index contributed by atoms with van der Waals surface area (Å²) in [5.41, 5.74) is 6.90. The largest absolute Gasteiger partial charge is 0.383 e. The normalized spacial score (nSPS) is 22.1. The fraction of sp³-hybridized carbons (Fsp3) is 0.667. The summed E-state index contributed by atoms with van der Waals surface area (Å²) in [6.07, 6.45) is 0. The van der Waals surface area contributed by atoms with Gasteiger partial charge in [-0.25, -0.2) is 0 Å². The number of nitrogen functional groups attached to an aromatic ring is 1. The van der Waals surface area contributed by atoms with Crippen LogP contribution in [-0.4, -0.2) is 34.9 Å². The van der Waals surface area contributed by atoms with Crippen molar-refractivity contribution in [2.45, 2.75) is 26.8 Å². The van der Waals surface area contributed by atoms with Crippen LogP contribution in [0.2, 0.25) is 0 Å². The second-order valence-corrected chi connectivity index (χ2v) is 5.50. The number of nitrogens with one attached hydrogen (secondary N) is 1. The van der Waals surface area contributed by atoms with Crippen molar-refractivity contribution in [1.82, 2.24) is 15.1 Å². The van der Waals surface area contributed by atoms with Crippen molar-refractivity contribution >= 4 is 11.7 Å². The average Bonchev–Trinajstić information content (AvgIpc) is 2.69. The van der Waals surface area contributed by atoms with E-state index in [0.717, 1.165) is 0 Å². The lowest BCUT2D eigenvalue weighted by atomic mass is 9.88. The third kappa shape index (κ3) is 2.08. The molecular weight excluding hydrogens is 232 g/mol. The second-order valence-electron chi connectivity index (χ2n) is 5.50. The van der Waals surface area contributed by atoms with Crippen molar-refractivity contribution in [3.63, 3.8) is 0 Å². The molecule has 0 radical (unpaired) electrons. The molecule has 100 valence electrons. The molecular formula is C12H20N4O2. The predicted octanol–water partition coefficient (Wildman–Crippen LogP) is 0.466. The molecule has 1 aromatic heterocycles. The second kappa shape index (κ2) is 4.28. The summed E-state index contributed by atoms with van der Waals surface area (Å²) >= 11 is 0.